The maximum atomic E-state index is 13.8. The molecule has 1 aliphatic carbocycles. The molecule has 3 rings (SSSR count). The second kappa shape index (κ2) is 4.74. The first-order valence-electron chi connectivity index (χ1n) is 6.53. The monoisotopic (exact) mass is 274 g/mol. The molecule has 1 fully saturated rings. The van der Waals surface area contributed by atoms with E-state index in [0.717, 1.165) is 29.5 Å². The van der Waals surface area contributed by atoms with Gasteiger partial charge in [-0.25, -0.2) is 9.18 Å². The molecule has 1 heterocycles. The Morgan fingerprint density at radius 2 is 2.20 bits per heavy atom. The smallest absolute Gasteiger partial charge is 0.340 e. The van der Waals surface area contributed by atoms with E-state index in [1.165, 1.54) is 19.2 Å². The molecule has 0 N–H and O–H groups in total. The SMILES string of the molecule is COC(=O)c1cc(-c2cnn(C3CC3)c2)c(C)cc1F. The van der Waals surface area contributed by atoms with E-state index in [9.17, 15) is 9.18 Å². The predicted molar refractivity (Wildman–Crippen MR) is 72.0 cm³/mol. The van der Waals surface area contributed by atoms with Gasteiger partial charge in [0.25, 0.3) is 0 Å². The molecule has 0 aliphatic heterocycles. The lowest BCUT2D eigenvalue weighted by molar-refractivity contribution is 0.0595. The van der Waals surface area contributed by atoms with Crippen LogP contribution in [0.1, 0.15) is 34.8 Å². The van der Waals surface area contributed by atoms with Gasteiger partial charge < -0.3 is 4.74 Å². The Balaban J connectivity index is 2.04. The molecular weight excluding hydrogens is 259 g/mol. The molecule has 1 aromatic heterocycles. The number of benzene rings is 1. The van der Waals surface area contributed by atoms with Crippen LogP contribution in [0.15, 0.2) is 24.5 Å². The third kappa shape index (κ3) is 2.19. The molecule has 0 saturated heterocycles. The van der Waals surface area contributed by atoms with Crippen LogP contribution in [-0.2, 0) is 4.74 Å². The van der Waals surface area contributed by atoms with Crippen molar-refractivity contribution in [3.05, 3.63) is 41.5 Å². The van der Waals surface area contributed by atoms with Gasteiger partial charge in [-0.1, -0.05) is 0 Å². The zero-order chi connectivity index (χ0) is 14.3. The van der Waals surface area contributed by atoms with E-state index in [1.54, 1.807) is 6.20 Å². The van der Waals surface area contributed by atoms with Crippen LogP contribution in [0.4, 0.5) is 4.39 Å². The van der Waals surface area contributed by atoms with Crippen molar-refractivity contribution in [3.8, 4) is 11.1 Å². The molecule has 0 unspecified atom stereocenters. The van der Waals surface area contributed by atoms with Gasteiger partial charge in [-0.15, -0.1) is 0 Å². The van der Waals surface area contributed by atoms with Gasteiger partial charge in [0.05, 0.1) is 24.9 Å². The fourth-order valence-electron chi connectivity index (χ4n) is 2.27. The first-order chi connectivity index (χ1) is 9.60. The van der Waals surface area contributed by atoms with E-state index < -0.39 is 11.8 Å². The lowest BCUT2D eigenvalue weighted by Gasteiger charge is -2.07. The number of nitrogens with zero attached hydrogens (tertiary/aromatic N) is 2. The molecule has 0 spiro atoms. The number of esters is 1. The zero-order valence-corrected chi connectivity index (χ0v) is 11.4. The first-order valence-corrected chi connectivity index (χ1v) is 6.53. The van der Waals surface area contributed by atoms with Crippen molar-refractivity contribution < 1.29 is 13.9 Å². The largest absolute Gasteiger partial charge is 0.465 e. The van der Waals surface area contributed by atoms with Crippen LogP contribution in [0.2, 0.25) is 0 Å². The molecule has 104 valence electrons. The number of halogens is 1. The van der Waals surface area contributed by atoms with Gasteiger partial charge in [-0.05, 0) is 43.0 Å². The molecule has 1 saturated carbocycles. The minimum absolute atomic E-state index is 0.0488. The van der Waals surface area contributed by atoms with E-state index in [2.05, 4.69) is 9.84 Å². The molecule has 5 heteroatoms. The average molecular weight is 274 g/mol. The minimum Gasteiger partial charge on any atom is -0.465 e. The molecule has 0 bridgehead atoms. The van der Waals surface area contributed by atoms with Gasteiger partial charge in [0.2, 0.25) is 0 Å². The second-order valence-electron chi connectivity index (χ2n) is 5.08. The van der Waals surface area contributed by atoms with Gasteiger partial charge in [-0.3, -0.25) is 4.68 Å². The molecule has 4 nitrogen and oxygen atoms in total. The summed E-state index contributed by atoms with van der Waals surface area (Å²) in [6.07, 6.45) is 5.99. The highest BCUT2D eigenvalue weighted by atomic mass is 19.1. The fraction of sp³-hybridized carbons (Fsp3) is 0.333. The number of carbonyl (C=O) groups is 1. The van der Waals surface area contributed by atoms with E-state index in [0.29, 0.717) is 6.04 Å². The summed E-state index contributed by atoms with van der Waals surface area (Å²) < 4.78 is 20.3. The lowest BCUT2D eigenvalue weighted by atomic mass is 10.00. The number of rotatable bonds is 3. The van der Waals surface area contributed by atoms with Crippen LogP contribution in [0.25, 0.3) is 11.1 Å². The van der Waals surface area contributed by atoms with E-state index in [1.807, 2.05) is 17.8 Å². The summed E-state index contributed by atoms with van der Waals surface area (Å²) in [5.74, 6) is -1.23. The Labute approximate surface area is 116 Å². The van der Waals surface area contributed by atoms with Crippen LogP contribution < -0.4 is 0 Å². The van der Waals surface area contributed by atoms with Crippen molar-refractivity contribution in [2.75, 3.05) is 7.11 Å². The van der Waals surface area contributed by atoms with Crippen molar-refractivity contribution >= 4 is 5.97 Å². The van der Waals surface area contributed by atoms with Crippen molar-refractivity contribution in [2.45, 2.75) is 25.8 Å². The summed E-state index contributed by atoms with van der Waals surface area (Å²) in [5.41, 5.74) is 2.41. The van der Waals surface area contributed by atoms with E-state index in [4.69, 9.17) is 0 Å². The number of hydrogen-bond donors (Lipinski definition) is 0. The number of aryl methyl sites for hydroxylation is 1. The van der Waals surface area contributed by atoms with Gasteiger partial charge in [0.1, 0.15) is 5.82 Å². The summed E-state index contributed by atoms with van der Waals surface area (Å²) in [7, 11) is 1.24. The normalized spacial score (nSPS) is 14.3. The Bertz CT molecular complexity index is 675. The maximum absolute atomic E-state index is 13.8. The molecule has 2 aromatic rings. The second-order valence-corrected chi connectivity index (χ2v) is 5.08. The summed E-state index contributed by atoms with van der Waals surface area (Å²) in [5, 5.41) is 4.32. The third-order valence-electron chi connectivity index (χ3n) is 3.55. The van der Waals surface area contributed by atoms with Gasteiger partial charge in [0.15, 0.2) is 0 Å². The van der Waals surface area contributed by atoms with Crippen LogP contribution in [-0.4, -0.2) is 22.9 Å². The van der Waals surface area contributed by atoms with Crippen molar-refractivity contribution in [1.82, 2.24) is 9.78 Å². The maximum Gasteiger partial charge on any atom is 0.340 e. The van der Waals surface area contributed by atoms with Crippen LogP contribution in [0.5, 0.6) is 0 Å². The van der Waals surface area contributed by atoms with Gasteiger partial charge in [0, 0.05) is 11.8 Å². The Kier molecular flexibility index (Phi) is 3.04. The highest BCUT2D eigenvalue weighted by Gasteiger charge is 2.25. The average Bonchev–Trinajstić information content (AvgIpc) is 3.17. The number of hydrogen-bond acceptors (Lipinski definition) is 3. The molecular formula is C15H15FN2O2. The highest BCUT2D eigenvalue weighted by Crippen LogP contribution is 2.35. The molecule has 20 heavy (non-hydrogen) atoms. The standard InChI is InChI=1S/C15H15FN2O2/c1-9-5-14(16)13(15(19)20-2)6-12(9)10-7-17-18(8-10)11-3-4-11/h5-8,11H,3-4H2,1-2H3. The molecule has 1 aromatic carbocycles. The summed E-state index contributed by atoms with van der Waals surface area (Å²) in [6, 6.07) is 3.38. The third-order valence-corrected chi connectivity index (χ3v) is 3.55. The summed E-state index contributed by atoms with van der Waals surface area (Å²) in [6.45, 7) is 1.81. The van der Waals surface area contributed by atoms with Gasteiger partial charge in [-0.2, -0.15) is 5.10 Å². The summed E-state index contributed by atoms with van der Waals surface area (Å²) in [4.78, 5) is 11.6. The molecule has 0 radical (unpaired) electrons. The Morgan fingerprint density at radius 1 is 1.45 bits per heavy atom. The van der Waals surface area contributed by atoms with Crippen molar-refractivity contribution in [3.63, 3.8) is 0 Å². The number of methoxy groups -OCH3 is 1. The van der Waals surface area contributed by atoms with Crippen molar-refractivity contribution in [1.29, 1.82) is 0 Å². The highest BCUT2D eigenvalue weighted by molar-refractivity contribution is 5.91. The predicted octanol–water partition coefficient (Wildman–Crippen LogP) is 3.12. The van der Waals surface area contributed by atoms with Crippen LogP contribution >= 0.6 is 0 Å². The lowest BCUT2D eigenvalue weighted by Crippen LogP contribution is -2.05. The molecule has 0 amide bonds. The number of aromatic nitrogens is 2. The quantitative estimate of drug-likeness (QED) is 0.808. The Morgan fingerprint density at radius 3 is 2.85 bits per heavy atom. The van der Waals surface area contributed by atoms with E-state index in [-0.39, 0.29) is 5.56 Å². The number of ether oxygens (including phenoxy) is 1. The number of carbonyl (C=O) groups excluding carboxylic acids is 1. The molecule has 1 aliphatic rings. The van der Waals surface area contributed by atoms with Crippen LogP contribution in [0.3, 0.4) is 0 Å². The van der Waals surface area contributed by atoms with Crippen LogP contribution in [0, 0.1) is 12.7 Å². The van der Waals surface area contributed by atoms with E-state index >= 15 is 0 Å². The first kappa shape index (κ1) is 12.8. The van der Waals surface area contributed by atoms with Gasteiger partial charge >= 0.3 is 5.97 Å². The molecule has 0 atom stereocenters. The Hall–Kier alpha value is -2.17. The summed E-state index contributed by atoms with van der Waals surface area (Å²) >= 11 is 0. The minimum atomic E-state index is -0.668. The fourth-order valence-corrected chi connectivity index (χ4v) is 2.27. The zero-order valence-electron chi connectivity index (χ0n) is 11.4. The topological polar surface area (TPSA) is 44.1 Å². The van der Waals surface area contributed by atoms with Crippen molar-refractivity contribution in [2.24, 2.45) is 0 Å².